The first-order chi connectivity index (χ1) is 8.24. The summed E-state index contributed by atoms with van der Waals surface area (Å²) in [6, 6.07) is 5.69. The lowest BCUT2D eigenvalue weighted by Gasteiger charge is -2.28. The van der Waals surface area contributed by atoms with Crippen molar-refractivity contribution in [3.63, 3.8) is 0 Å². The number of rotatable bonds is 3. The first-order valence-electron chi connectivity index (χ1n) is 5.73. The van der Waals surface area contributed by atoms with Crippen molar-refractivity contribution < 1.29 is 18.9 Å². The van der Waals surface area contributed by atoms with Gasteiger partial charge < -0.3 is 18.9 Å². The summed E-state index contributed by atoms with van der Waals surface area (Å²) >= 11 is 0. The molecule has 1 heterocycles. The summed E-state index contributed by atoms with van der Waals surface area (Å²) in [5.41, 5.74) is 0.953. The van der Waals surface area contributed by atoms with Crippen molar-refractivity contribution in [3.05, 3.63) is 23.8 Å². The van der Waals surface area contributed by atoms with E-state index in [0.29, 0.717) is 11.5 Å². The molecule has 0 N–H and O–H groups in total. The molecule has 0 bridgehead atoms. The van der Waals surface area contributed by atoms with E-state index in [1.54, 1.807) is 14.2 Å². The van der Waals surface area contributed by atoms with Gasteiger partial charge in [-0.05, 0) is 25.5 Å². The molecule has 1 aliphatic heterocycles. The molecule has 1 fully saturated rings. The smallest absolute Gasteiger partial charge is 0.184 e. The van der Waals surface area contributed by atoms with Crippen LogP contribution in [0, 0.1) is 0 Å². The van der Waals surface area contributed by atoms with Crippen molar-refractivity contribution in [2.75, 3.05) is 20.8 Å². The summed E-state index contributed by atoms with van der Waals surface area (Å²) in [7, 11) is 3.24. The van der Waals surface area contributed by atoms with Gasteiger partial charge in [-0.2, -0.15) is 0 Å². The predicted octanol–water partition coefficient (Wildman–Crippen LogP) is 2.53. The standard InChI is InChI=1S/C13H18O4/c1-9-6-7-16-13(17-9)10-4-5-11(14-2)12(8-10)15-3/h4-5,8-9,13H,6-7H2,1-3H3/t9-,13+/m0/s1. The van der Waals surface area contributed by atoms with E-state index in [9.17, 15) is 0 Å². The van der Waals surface area contributed by atoms with Gasteiger partial charge in [0.15, 0.2) is 17.8 Å². The molecule has 4 heteroatoms. The van der Waals surface area contributed by atoms with Gasteiger partial charge in [0, 0.05) is 5.56 Å². The van der Waals surface area contributed by atoms with Gasteiger partial charge in [0.25, 0.3) is 0 Å². The Morgan fingerprint density at radius 2 is 1.94 bits per heavy atom. The molecular weight excluding hydrogens is 220 g/mol. The summed E-state index contributed by atoms with van der Waals surface area (Å²) in [5, 5.41) is 0. The average molecular weight is 238 g/mol. The second-order valence-corrected chi connectivity index (χ2v) is 4.05. The number of benzene rings is 1. The van der Waals surface area contributed by atoms with Gasteiger partial charge in [0.1, 0.15) is 0 Å². The Balaban J connectivity index is 2.20. The molecule has 0 amide bonds. The van der Waals surface area contributed by atoms with Gasteiger partial charge in [-0.15, -0.1) is 0 Å². The molecule has 0 aliphatic carbocycles. The van der Waals surface area contributed by atoms with Crippen molar-refractivity contribution in [1.29, 1.82) is 0 Å². The fourth-order valence-corrected chi connectivity index (χ4v) is 1.83. The van der Waals surface area contributed by atoms with Crippen molar-refractivity contribution in [2.45, 2.75) is 25.7 Å². The zero-order valence-electron chi connectivity index (χ0n) is 10.4. The number of hydrogen-bond acceptors (Lipinski definition) is 4. The van der Waals surface area contributed by atoms with Crippen molar-refractivity contribution in [1.82, 2.24) is 0 Å². The average Bonchev–Trinajstić information content (AvgIpc) is 2.38. The lowest BCUT2D eigenvalue weighted by molar-refractivity contribution is -0.212. The monoisotopic (exact) mass is 238 g/mol. The molecule has 0 unspecified atom stereocenters. The minimum absolute atomic E-state index is 0.224. The highest BCUT2D eigenvalue weighted by atomic mass is 16.7. The van der Waals surface area contributed by atoms with Gasteiger partial charge >= 0.3 is 0 Å². The Labute approximate surface area is 101 Å². The molecule has 1 aromatic carbocycles. The van der Waals surface area contributed by atoms with Crippen LogP contribution >= 0.6 is 0 Å². The maximum Gasteiger partial charge on any atom is 0.184 e. The van der Waals surface area contributed by atoms with Crippen LogP contribution in [0.3, 0.4) is 0 Å². The molecule has 17 heavy (non-hydrogen) atoms. The quantitative estimate of drug-likeness (QED) is 0.810. The van der Waals surface area contributed by atoms with Crippen LogP contribution in [0.4, 0.5) is 0 Å². The highest BCUT2D eigenvalue weighted by Gasteiger charge is 2.22. The molecule has 1 aliphatic rings. The summed E-state index contributed by atoms with van der Waals surface area (Å²) in [5.74, 6) is 1.40. The predicted molar refractivity (Wildman–Crippen MR) is 63.4 cm³/mol. The SMILES string of the molecule is COc1ccc([C@@H]2OCC[C@H](C)O2)cc1OC. The molecule has 0 spiro atoms. The minimum Gasteiger partial charge on any atom is -0.493 e. The Kier molecular flexibility index (Phi) is 3.86. The fourth-order valence-electron chi connectivity index (χ4n) is 1.83. The first kappa shape index (κ1) is 12.2. The van der Waals surface area contributed by atoms with Gasteiger partial charge in [-0.1, -0.05) is 6.07 Å². The topological polar surface area (TPSA) is 36.9 Å². The van der Waals surface area contributed by atoms with Crippen LogP contribution in [0.5, 0.6) is 11.5 Å². The maximum atomic E-state index is 5.73. The van der Waals surface area contributed by atoms with E-state index in [-0.39, 0.29) is 12.4 Å². The second kappa shape index (κ2) is 5.38. The second-order valence-electron chi connectivity index (χ2n) is 4.05. The zero-order chi connectivity index (χ0) is 12.3. The van der Waals surface area contributed by atoms with Crippen molar-refractivity contribution in [3.8, 4) is 11.5 Å². The molecular formula is C13H18O4. The van der Waals surface area contributed by atoms with Gasteiger partial charge in [0.05, 0.1) is 26.9 Å². The summed E-state index contributed by atoms with van der Waals surface area (Å²) in [6.07, 6.45) is 0.851. The summed E-state index contributed by atoms with van der Waals surface area (Å²) in [4.78, 5) is 0. The van der Waals surface area contributed by atoms with Gasteiger partial charge in [-0.25, -0.2) is 0 Å². The highest BCUT2D eigenvalue weighted by molar-refractivity contribution is 5.43. The Morgan fingerprint density at radius 3 is 2.59 bits per heavy atom. The first-order valence-corrected chi connectivity index (χ1v) is 5.73. The molecule has 0 radical (unpaired) electrons. The largest absolute Gasteiger partial charge is 0.493 e. The highest BCUT2D eigenvalue weighted by Crippen LogP contribution is 2.33. The Morgan fingerprint density at radius 1 is 1.18 bits per heavy atom. The van der Waals surface area contributed by atoms with E-state index in [0.717, 1.165) is 18.6 Å². The van der Waals surface area contributed by atoms with Crippen LogP contribution in [0.15, 0.2) is 18.2 Å². The normalized spacial score (nSPS) is 24.4. The van der Waals surface area contributed by atoms with Crippen molar-refractivity contribution in [2.24, 2.45) is 0 Å². The molecule has 2 atom stereocenters. The molecule has 1 aromatic rings. The molecule has 0 saturated carbocycles. The minimum atomic E-state index is -0.307. The molecule has 4 nitrogen and oxygen atoms in total. The van der Waals surface area contributed by atoms with E-state index < -0.39 is 0 Å². The third kappa shape index (κ3) is 2.70. The summed E-state index contributed by atoms with van der Waals surface area (Å²) < 4.78 is 21.8. The van der Waals surface area contributed by atoms with Crippen LogP contribution < -0.4 is 9.47 Å². The zero-order valence-corrected chi connectivity index (χ0v) is 10.4. The maximum absolute atomic E-state index is 5.73. The number of hydrogen-bond donors (Lipinski definition) is 0. The van der Waals surface area contributed by atoms with Gasteiger partial charge in [0.2, 0.25) is 0 Å². The number of methoxy groups -OCH3 is 2. The van der Waals surface area contributed by atoms with Crippen LogP contribution in [-0.2, 0) is 9.47 Å². The van der Waals surface area contributed by atoms with E-state index >= 15 is 0 Å². The van der Waals surface area contributed by atoms with Crippen LogP contribution in [0.1, 0.15) is 25.2 Å². The molecule has 2 rings (SSSR count). The lowest BCUT2D eigenvalue weighted by Crippen LogP contribution is -2.24. The lowest BCUT2D eigenvalue weighted by atomic mass is 10.1. The Hall–Kier alpha value is -1.26. The summed E-state index contributed by atoms with van der Waals surface area (Å²) in [6.45, 7) is 2.77. The molecule has 1 saturated heterocycles. The third-order valence-electron chi connectivity index (χ3n) is 2.83. The third-order valence-corrected chi connectivity index (χ3v) is 2.83. The number of ether oxygens (including phenoxy) is 4. The van der Waals surface area contributed by atoms with Crippen molar-refractivity contribution >= 4 is 0 Å². The fraction of sp³-hybridized carbons (Fsp3) is 0.538. The molecule has 0 aromatic heterocycles. The molecule has 94 valence electrons. The van der Waals surface area contributed by atoms with E-state index in [2.05, 4.69) is 6.92 Å². The van der Waals surface area contributed by atoms with Crippen LogP contribution in [-0.4, -0.2) is 26.9 Å². The Bertz CT molecular complexity index is 378. The van der Waals surface area contributed by atoms with Crippen LogP contribution in [0.2, 0.25) is 0 Å². The van der Waals surface area contributed by atoms with E-state index in [1.165, 1.54) is 0 Å². The van der Waals surface area contributed by atoms with E-state index in [1.807, 2.05) is 18.2 Å². The van der Waals surface area contributed by atoms with Crippen LogP contribution in [0.25, 0.3) is 0 Å². The van der Waals surface area contributed by atoms with Gasteiger partial charge in [-0.3, -0.25) is 0 Å². The van der Waals surface area contributed by atoms with E-state index in [4.69, 9.17) is 18.9 Å².